The van der Waals surface area contributed by atoms with Crippen LogP contribution in [0.4, 0.5) is 19.1 Å². The van der Waals surface area contributed by atoms with E-state index < -0.39 is 17.6 Å². The Morgan fingerprint density at radius 2 is 2.16 bits per heavy atom. The highest BCUT2D eigenvalue weighted by Gasteiger charge is 2.30. The molecule has 8 heteroatoms. The van der Waals surface area contributed by atoms with Gasteiger partial charge in [-0.25, -0.2) is 5.10 Å². The van der Waals surface area contributed by atoms with Gasteiger partial charge in [-0.1, -0.05) is 18.2 Å². The molecule has 5 nitrogen and oxygen atoms in total. The minimum atomic E-state index is -4.42. The molecule has 2 N–H and O–H groups in total. The van der Waals surface area contributed by atoms with Crippen LogP contribution in [0.3, 0.4) is 0 Å². The zero-order valence-electron chi connectivity index (χ0n) is 9.53. The summed E-state index contributed by atoms with van der Waals surface area (Å²) >= 11 is 0. The van der Waals surface area contributed by atoms with E-state index >= 15 is 0 Å². The summed E-state index contributed by atoms with van der Waals surface area (Å²) in [5, 5.41) is 8.32. The van der Waals surface area contributed by atoms with Gasteiger partial charge in [0.1, 0.15) is 6.33 Å². The topological polar surface area (TPSA) is 70.7 Å². The molecule has 0 aliphatic heterocycles. The number of hydrogen-bond acceptors (Lipinski definition) is 3. The molecule has 1 aromatic heterocycles. The molecule has 2 aromatic rings. The van der Waals surface area contributed by atoms with Gasteiger partial charge in [0.25, 0.3) is 0 Å². The molecule has 0 aliphatic carbocycles. The van der Waals surface area contributed by atoms with Crippen LogP contribution in [0.15, 0.2) is 30.6 Å². The summed E-state index contributed by atoms with van der Waals surface area (Å²) in [4.78, 5) is 15.2. The van der Waals surface area contributed by atoms with Crippen molar-refractivity contribution in [1.82, 2.24) is 15.2 Å². The molecule has 2 rings (SSSR count). The second-order valence-electron chi connectivity index (χ2n) is 3.76. The number of carbonyl (C=O) groups excluding carboxylic acids is 1. The van der Waals surface area contributed by atoms with Gasteiger partial charge in [0.05, 0.1) is 12.0 Å². The zero-order chi connectivity index (χ0) is 13.9. The lowest BCUT2D eigenvalue weighted by atomic mass is 10.1. The van der Waals surface area contributed by atoms with E-state index in [0.29, 0.717) is 0 Å². The van der Waals surface area contributed by atoms with E-state index in [2.05, 4.69) is 20.5 Å². The maximum atomic E-state index is 12.5. The summed E-state index contributed by atoms with van der Waals surface area (Å²) in [5.41, 5.74) is -0.510. The number of aromatic nitrogens is 3. The quantitative estimate of drug-likeness (QED) is 0.896. The summed E-state index contributed by atoms with van der Waals surface area (Å²) in [6, 6.07) is 4.62. The minimum absolute atomic E-state index is 0.150. The second kappa shape index (κ2) is 5.09. The summed E-state index contributed by atoms with van der Waals surface area (Å²) in [6.07, 6.45) is -3.39. The van der Waals surface area contributed by atoms with Crippen LogP contribution in [-0.2, 0) is 17.4 Å². The Kier molecular flexibility index (Phi) is 3.50. The van der Waals surface area contributed by atoms with Gasteiger partial charge in [0.15, 0.2) is 0 Å². The largest absolute Gasteiger partial charge is 0.416 e. The third-order valence-corrected chi connectivity index (χ3v) is 2.29. The third kappa shape index (κ3) is 3.54. The van der Waals surface area contributed by atoms with Gasteiger partial charge in [0.2, 0.25) is 11.9 Å². The van der Waals surface area contributed by atoms with E-state index in [1.807, 2.05) is 0 Å². The third-order valence-electron chi connectivity index (χ3n) is 2.29. The number of aromatic amines is 1. The van der Waals surface area contributed by atoms with Gasteiger partial charge in [-0.15, -0.1) is 0 Å². The molecule has 0 aliphatic rings. The van der Waals surface area contributed by atoms with E-state index in [-0.39, 0.29) is 17.9 Å². The number of nitrogens with one attached hydrogen (secondary N) is 2. The number of benzene rings is 1. The van der Waals surface area contributed by atoms with Crippen LogP contribution in [0.5, 0.6) is 0 Å². The lowest BCUT2D eigenvalue weighted by Gasteiger charge is -2.08. The minimum Gasteiger partial charge on any atom is -0.295 e. The highest BCUT2D eigenvalue weighted by atomic mass is 19.4. The van der Waals surface area contributed by atoms with Gasteiger partial charge >= 0.3 is 6.18 Å². The number of halogens is 3. The van der Waals surface area contributed by atoms with E-state index in [4.69, 9.17) is 0 Å². The molecule has 0 spiro atoms. The Balaban J connectivity index is 2.05. The molecule has 0 saturated carbocycles. The average molecular weight is 270 g/mol. The lowest BCUT2D eigenvalue weighted by Crippen LogP contribution is -2.16. The maximum absolute atomic E-state index is 12.5. The molecule has 0 bridgehead atoms. The van der Waals surface area contributed by atoms with Crippen molar-refractivity contribution < 1.29 is 18.0 Å². The van der Waals surface area contributed by atoms with Crippen molar-refractivity contribution in [2.75, 3.05) is 5.32 Å². The highest BCUT2D eigenvalue weighted by Crippen LogP contribution is 2.29. The van der Waals surface area contributed by atoms with Gasteiger partial charge in [-0.3, -0.25) is 10.1 Å². The first-order valence-electron chi connectivity index (χ1n) is 5.26. The van der Waals surface area contributed by atoms with E-state index in [1.54, 1.807) is 0 Å². The fourth-order valence-corrected chi connectivity index (χ4v) is 1.48. The molecule has 19 heavy (non-hydrogen) atoms. The van der Waals surface area contributed by atoms with E-state index in [0.717, 1.165) is 12.1 Å². The van der Waals surface area contributed by atoms with E-state index in [9.17, 15) is 18.0 Å². The molecule has 0 atom stereocenters. The first-order valence-corrected chi connectivity index (χ1v) is 5.26. The maximum Gasteiger partial charge on any atom is 0.416 e. The zero-order valence-corrected chi connectivity index (χ0v) is 9.53. The number of amides is 1. The SMILES string of the molecule is O=C(Cc1cccc(C(F)(F)F)c1)Nc1ncn[nH]1. The van der Waals surface area contributed by atoms with Crippen LogP contribution >= 0.6 is 0 Å². The smallest absolute Gasteiger partial charge is 0.295 e. The first-order chi connectivity index (χ1) is 8.95. The van der Waals surface area contributed by atoms with Crippen molar-refractivity contribution in [3.63, 3.8) is 0 Å². The average Bonchev–Trinajstić information content (AvgIpc) is 2.80. The van der Waals surface area contributed by atoms with Crippen molar-refractivity contribution >= 4 is 11.9 Å². The molecule has 1 aromatic carbocycles. The van der Waals surface area contributed by atoms with Crippen molar-refractivity contribution in [3.8, 4) is 0 Å². The molecular formula is C11H9F3N4O. The molecule has 0 radical (unpaired) electrons. The van der Waals surface area contributed by atoms with Crippen molar-refractivity contribution in [1.29, 1.82) is 0 Å². The van der Waals surface area contributed by atoms with Gasteiger partial charge in [-0.2, -0.15) is 23.3 Å². The van der Waals surface area contributed by atoms with Crippen LogP contribution in [0.2, 0.25) is 0 Å². The predicted octanol–water partition coefficient (Wildman–Crippen LogP) is 2.00. The molecule has 100 valence electrons. The summed E-state index contributed by atoms with van der Waals surface area (Å²) in [7, 11) is 0. The van der Waals surface area contributed by atoms with E-state index in [1.165, 1.54) is 18.5 Å². The van der Waals surface area contributed by atoms with Gasteiger partial charge in [-0.05, 0) is 11.6 Å². The van der Waals surface area contributed by atoms with Crippen LogP contribution < -0.4 is 5.32 Å². The Hall–Kier alpha value is -2.38. The number of hydrogen-bond donors (Lipinski definition) is 2. The highest BCUT2D eigenvalue weighted by molar-refractivity contribution is 5.90. The number of alkyl halides is 3. The fraction of sp³-hybridized carbons (Fsp3) is 0.182. The number of nitrogens with zero attached hydrogens (tertiary/aromatic N) is 2. The molecule has 0 saturated heterocycles. The van der Waals surface area contributed by atoms with Crippen LogP contribution in [-0.4, -0.2) is 21.1 Å². The first kappa shape index (κ1) is 13.1. The summed E-state index contributed by atoms with van der Waals surface area (Å²) in [5.74, 6) is -0.326. The molecule has 0 fully saturated rings. The summed E-state index contributed by atoms with van der Waals surface area (Å²) < 4.78 is 37.5. The monoisotopic (exact) mass is 270 g/mol. The standard InChI is InChI=1S/C11H9F3N4O/c12-11(13,14)8-3-1-2-7(4-8)5-9(19)17-10-15-6-16-18-10/h1-4,6H,5H2,(H2,15,16,17,18,19). The predicted molar refractivity (Wildman–Crippen MR) is 60.2 cm³/mol. The van der Waals surface area contributed by atoms with Crippen LogP contribution in [0.1, 0.15) is 11.1 Å². The Morgan fingerprint density at radius 3 is 2.79 bits per heavy atom. The van der Waals surface area contributed by atoms with Crippen LogP contribution in [0.25, 0.3) is 0 Å². The fourth-order valence-electron chi connectivity index (χ4n) is 1.48. The number of anilines is 1. The Labute approximate surface area is 105 Å². The Bertz CT molecular complexity index is 566. The van der Waals surface area contributed by atoms with Crippen molar-refractivity contribution in [2.45, 2.75) is 12.6 Å². The number of carbonyl (C=O) groups is 1. The normalized spacial score (nSPS) is 11.3. The number of H-pyrrole nitrogens is 1. The lowest BCUT2D eigenvalue weighted by molar-refractivity contribution is -0.137. The van der Waals surface area contributed by atoms with Crippen molar-refractivity contribution in [3.05, 3.63) is 41.7 Å². The molecule has 0 unspecified atom stereocenters. The summed E-state index contributed by atoms with van der Waals surface area (Å²) in [6.45, 7) is 0. The van der Waals surface area contributed by atoms with Gasteiger partial charge in [0, 0.05) is 0 Å². The van der Waals surface area contributed by atoms with Crippen LogP contribution in [0, 0.1) is 0 Å². The molecular weight excluding hydrogens is 261 g/mol. The second-order valence-corrected chi connectivity index (χ2v) is 3.76. The number of rotatable bonds is 3. The van der Waals surface area contributed by atoms with Gasteiger partial charge < -0.3 is 0 Å². The Morgan fingerprint density at radius 1 is 1.37 bits per heavy atom. The molecule has 1 amide bonds. The molecule has 1 heterocycles. The van der Waals surface area contributed by atoms with Crippen molar-refractivity contribution in [2.24, 2.45) is 0 Å².